The van der Waals surface area contributed by atoms with Crippen molar-refractivity contribution in [2.45, 2.75) is 69.2 Å². The summed E-state index contributed by atoms with van der Waals surface area (Å²) in [6.07, 6.45) is 8.62. The number of hydrogen-bond acceptors (Lipinski definition) is 6. The molecule has 8 heteroatoms. The lowest BCUT2D eigenvalue weighted by Gasteiger charge is -2.18. The molecular weight excluding hydrogens is 406 g/mol. The first-order valence-corrected chi connectivity index (χ1v) is 12.6. The third-order valence-electron chi connectivity index (χ3n) is 6.23. The zero-order valence-corrected chi connectivity index (χ0v) is 18.3. The van der Waals surface area contributed by atoms with Crippen LogP contribution in [0.25, 0.3) is 10.2 Å². The van der Waals surface area contributed by atoms with Gasteiger partial charge in [-0.25, -0.2) is 4.98 Å². The van der Waals surface area contributed by atoms with Crippen molar-refractivity contribution in [2.75, 3.05) is 25.4 Å². The minimum Gasteiger partial charge on any atom is -0.376 e. The number of thiophene rings is 1. The smallest absolute Gasteiger partial charge is 0.263 e. The van der Waals surface area contributed by atoms with Crippen molar-refractivity contribution in [2.24, 2.45) is 0 Å². The zero-order valence-electron chi connectivity index (χ0n) is 16.7. The Morgan fingerprint density at radius 3 is 2.79 bits per heavy atom. The lowest BCUT2D eigenvalue weighted by molar-refractivity contribution is -0.127. The number of likely N-dealkylation sites (tertiary alicyclic amines) is 1. The number of carbonyl (C=O) groups excluding carboxylic acids is 1. The molecule has 4 heterocycles. The first-order chi connectivity index (χ1) is 14.2. The number of aryl methyl sites for hydroxylation is 2. The van der Waals surface area contributed by atoms with E-state index in [2.05, 4.69) is 0 Å². The average molecular weight is 434 g/mol. The number of ether oxygens (including phenoxy) is 1. The van der Waals surface area contributed by atoms with E-state index in [1.54, 1.807) is 15.9 Å². The molecule has 1 aliphatic carbocycles. The van der Waals surface area contributed by atoms with Crippen molar-refractivity contribution in [3.8, 4) is 0 Å². The Morgan fingerprint density at radius 1 is 1.17 bits per heavy atom. The van der Waals surface area contributed by atoms with E-state index in [9.17, 15) is 9.59 Å². The first-order valence-electron chi connectivity index (χ1n) is 10.8. The van der Waals surface area contributed by atoms with Gasteiger partial charge in [-0.05, 0) is 56.9 Å². The van der Waals surface area contributed by atoms with E-state index in [1.807, 2.05) is 4.90 Å². The molecule has 0 bridgehead atoms. The Morgan fingerprint density at radius 2 is 2.00 bits per heavy atom. The summed E-state index contributed by atoms with van der Waals surface area (Å²) < 4.78 is 7.60. The summed E-state index contributed by atoms with van der Waals surface area (Å²) in [6.45, 7) is 3.00. The van der Waals surface area contributed by atoms with Gasteiger partial charge < -0.3 is 9.64 Å². The van der Waals surface area contributed by atoms with Gasteiger partial charge in [0.1, 0.15) is 4.83 Å². The van der Waals surface area contributed by atoms with Crippen molar-refractivity contribution >= 4 is 39.2 Å². The monoisotopic (exact) mass is 433 g/mol. The summed E-state index contributed by atoms with van der Waals surface area (Å²) >= 11 is 3.09. The van der Waals surface area contributed by atoms with Crippen LogP contribution in [0.2, 0.25) is 0 Å². The second-order valence-electron chi connectivity index (χ2n) is 8.21. The van der Waals surface area contributed by atoms with Gasteiger partial charge in [0.2, 0.25) is 5.91 Å². The normalized spacial score (nSPS) is 21.8. The largest absolute Gasteiger partial charge is 0.376 e. The number of amides is 1. The van der Waals surface area contributed by atoms with Gasteiger partial charge in [-0.15, -0.1) is 11.3 Å². The van der Waals surface area contributed by atoms with Gasteiger partial charge in [-0.1, -0.05) is 11.8 Å². The van der Waals surface area contributed by atoms with Crippen LogP contribution >= 0.6 is 23.1 Å². The molecule has 1 atom stereocenters. The molecule has 3 aliphatic rings. The van der Waals surface area contributed by atoms with Crippen LogP contribution in [0.4, 0.5) is 0 Å². The molecule has 2 aromatic rings. The van der Waals surface area contributed by atoms with Crippen molar-refractivity contribution in [3.63, 3.8) is 0 Å². The summed E-state index contributed by atoms with van der Waals surface area (Å²) in [5.74, 6) is 0.491. The van der Waals surface area contributed by atoms with Crippen LogP contribution in [0.3, 0.4) is 0 Å². The van der Waals surface area contributed by atoms with Gasteiger partial charge in [0.15, 0.2) is 5.16 Å². The maximum atomic E-state index is 13.5. The van der Waals surface area contributed by atoms with Crippen LogP contribution in [0.5, 0.6) is 0 Å². The number of aromatic nitrogens is 2. The van der Waals surface area contributed by atoms with Crippen LogP contribution in [-0.2, 0) is 28.9 Å². The molecule has 0 radical (unpaired) electrons. The predicted octanol–water partition coefficient (Wildman–Crippen LogP) is 3.23. The van der Waals surface area contributed by atoms with Crippen LogP contribution in [0.1, 0.15) is 49.0 Å². The molecule has 2 aliphatic heterocycles. The minimum absolute atomic E-state index is 0.0565. The quantitative estimate of drug-likeness (QED) is 0.535. The van der Waals surface area contributed by atoms with E-state index in [4.69, 9.17) is 9.72 Å². The van der Waals surface area contributed by atoms with Crippen LogP contribution in [-0.4, -0.2) is 51.9 Å². The number of hydrogen-bond donors (Lipinski definition) is 0. The highest BCUT2D eigenvalue weighted by Crippen LogP contribution is 2.35. The molecule has 2 fully saturated rings. The van der Waals surface area contributed by atoms with Crippen LogP contribution in [0, 0.1) is 0 Å². The van der Waals surface area contributed by atoms with E-state index in [-0.39, 0.29) is 17.6 Å². The molecule has 0 N–H and O–H groups in total. The highest BCUT2D eigenvalue weighted by atomic mass is 32.2. The van der Waals surface area contributed by atoms with E-state index >= 15 is 0 Å². The molecule has 1 amide bonds. The van der Waals surface area contributed by atoms with Gasteiger partial charge in [0, 0.05) is 24.6 Å². The minimum atomic E-state index is 0.0565. The number of thioether (sulfide) groups is 1. The number of carbonyl (C=O) groups is 1. The molecule has 2 saturated heterocycles. The Kier molecular flexibility index (Phi) is 5.67. The van der Waals surface area contributed by atoms with Crippen molar-refractivity contribution in [3.05, 3.63) is 20.8 Å². The predicted molar refractivity (Wildman–Crippen MR) is 116 cm³/mol. The number of fused-ring (bicyclic) bond motifs is 3. The highest BCUT2D eigenvalue weighted by molar-refractivity contribution is 7.99. The third-order valence-corrected chi connectivity index (χ3v) is 8.38. The van der Waals surface area contributed by atoms with Crippen molar-refractivity contribution < 1.29 is 9.53 Å². The Bertz CT molecular complexity index is 972. The fourth-order valence-corrected chi connectivity index (χ4v) is 6.88. The summed E-state index contributed by atoms with van der Waals surface area (Å²) in [7, 11) is 0. The molecule has 6 nitrogen and oxygen atoms in total. The molecule has 0 saturated carbocycles. The van der Waals surface area contributed by atoms with Gasteiger partial charge in [-0.3, -0.25) is 14.2 Å². The topological polar surface area (TPSA) is 64.4 Å². The molecule has 0 spiro atoms. The third kappa shape index (κ3) is 3.86. The molecule has 156 valence electrons. The standard InChI is InChI=1S/C21H27N3O3S2/c25-17(23-9-3-4-10-23)13-28-21-22-19-18(15-7-1-2-8-16(15)29-19)20(26)24(21)12-14-6-5-11-27-14/h14H,1-13H2/t14-/m0/s1. The lowest BCUT2D eigenvalue weighted by Crippen LogP contribution is -2.31. The molecule has 0 unspecified atom stereocenters. The Labute approximate surface area is 178 Å². The molecule has 29 heavy (non-hydrogen) atoms. The van der Waals surface area contributed by atoms with Crippen molar-refractivity contribution in [1.82, 2.24) is 14.5 Å². The van der Waals surface area contributed by atoms with E-state index in [0.717, 1.165) is 74.9 Å². The summed E-state index contributed by atoms with van der Waals surface area (Å²) in [6, 6.07) is 0. The maximum absolute atomic E-state index is 13.5. The molecule has 0 aromatic carbocycles. The maximum Gasteiger partial charge on any atom is 0.263 e. The van der Waals surface area contributed by atoms with E-state index < -0.39 is 0 Å². The molecule has 5 rings (SSSR count). The van der Waals surface area contributed by atoms with Crippen LogP contribution < -0.4 is 5.56 Å². The fourth-order valence-electron chi connectivity index (χ4n) is 4.67. The lowest BCUT2D eigenvalue weighted by atomic mass is 9.97. The fraction of sp³-hybridized carbons (Fsp3) is 0.667. The average Bonchev–Trinajstić information content (AvgIpc) is 3.49. The molecular formula is C21H27N3O3S2. The first kappa shape index (κ1) is 19.6. The zero-order chi connectivity index (χ0) is 19.8. The van der Waals surface area contributed by atoms with E-state index in [0.29, 0.717) is 17.5 Å². The SMILES string of the molecule is O=C(CSc1nc2sc3c(c2c(=O)n1C[C@@H]1CCCO1)CCCC3)N1CCCC1. The van der Waals surface area contributed by atoms with E-state index in [1.165, 1.54) is 28.6 Å². The molecule has 2 aromatic heterocycles. The second kappa shape index (κ2) is 8.40. The van der Waals surface area contributed by atoms with Gasteiger partial charge in [-0.2, -0.15) is 0 Å². The summed E-state index contributed by atoms with van der Waals surface area (Å²) in [5.41, 5.74) is 1.28. The Hall–Kier alpha value is -1.38. The number of nitrogens with zero attached hydrogens (tertiary/aromatic N) is 3. The Balaban J connectivity index is 1.49. The highest BCUT2D eigenvalue weighted by Gasteiger charge is 2.26. The summed E-state index contributed by atoms with van der Waals surface area (Å²) in [4.78, 5) is 35.1. The van der Waals surface area contributed by atoms with Gasteiger partial charge >= 0.3 is 0 Å². The van der Waals surface area contributed by atoms with Crippen LogP contribution in [0.15, 0.2) is 9.95 Å². The van der Waals surface area contributed by atoms with Gasteiger partial charge in [0.05, 0.1) is 23.8 Å². The summed E-state index contributed by atoms with van der Waals surface area (Å²) in [5, 5.41) is 1.49. The second-order valence-corrected chi connectivity index (χ2v) is 10.2. The number of rotatable bonds is 5. The van der Waals surface area contributed by atoms with Gasteiger partial charge in [0.25, 0.3) is 5.56 Å². The van der Waals surface area contributed by atoms with Crippen molar-refractivity contribution in [1.29, 1.82) is 0 Å².